The maximum Gasteiger partial charge on any atom is 0.341 e. The van der Waals surface area contributed by atoms with Crippen molar-refractivity contribution in [2.45, 2.75) is 13.5 Å². The number of carboxylic acid groups (broad SMARTS) is 1. The van der Waals surface area contributed by atoms with Crippen LogP contribution < -0.4 is 15.2 Å². The summed E-state index contributed by atoms with van der Waals surface area (Å²) >= 11 is 0. The van der Waals surface area contributed by atoms with Crippen LogP contribution in [0.2, 0.25) is 0 Å². The lowest BCUT2D eigenvalue weighted by molar-refractivity contribution is -0.139. The number of nitrogens with zero attached hydrogens (tertiary/aromatic N) is 1. The van der Waals surface area contributed by atoms with Crippen LogP contribution in [0.1, 0.15) is 38.8 Å². The van der Waals surface area contributed by atoms with E-state index in [4.69, 9.17) is 25.7 Å². The number of hydrogen-bond acceptors (Lipinski definition) is 6. The van der Waals surface area contributed by atoms with Gasteiger partial charge in [0.25, 0.3) is 5.91 Å². The number of carboxylic acids is 1. The molecule has 0 unspecified atom stereocenters. The summed E-state index contributed by atoms with van der Waals surface area (Å²) in [7, 11) is 0. The molecule has 30 heavy (non-hydrogen) atoms. The molecule has 0 fully saturated rings. The van der Waals surface area contributed by atoms with Gasteiger partial charge in [0, 0.05) is 23.7 Å². The lowest BCUT2D eigenvalue weighted by atomic mass is 10.1. The molecule has 0 atom stereocenters. The van der Waals surface area contributed by atoms with Gasteiger partial charge in [-0.15, -0.1) is 0 Å². The molecule has 0 radical (unpaired) electrons. The minimum atomic E-state index is -1.12. The molecule has 1 aliphatic heterocycles. The Morgan fingerprint density at radius 2 is 1.97 bits per heavy atom. The molecule has 156 valence electrons. The normalized spacial score (nSPS) is 12.4. The molecule has 0 bridgehead atoms. The first-order valence-corrected chi connectivity index (χ1v) is 9.21. The van der Waals surface area contributed by atoms with Crippen molar-refractivity contribution in [1.29, 1.82) is 5.41 Å². The third-order valence-corrected chi connectivity index (χ3v) is 4.55. The van der Waals surface area contributed by atoms with Crippen molar-refractivity contribution in [1.82, 2.24) is 4.90 Å². The fraction of sp³-hybridized carbons (Fsp3) is 0.238. The number of Topliss-reactive ketones (excluding diaryl/α,β-unsaturated/α-hetero) is 1. The van der Waals surface area contributed by atoms with Crippen molar-refractivity contribution in [3.05, 3.63) is 58.7 Å². The molecule has 1 heterocycles. The van der Waals surface area contributed by atoms with Crippen molar-refractivity contribution >= 4 is 23.5 Å². The SMILES string of the molecule is CCOc1cc(OCC(=O)O)ccc1C(=O)CN1Cc2cc(C(=N)N)ccc2C1=O. The first-order chi connectivity index (χ1) is 14.3. The number of ether oxygens (including phenoxy) is 2. The number of amides is 1. The van der Waals surface area contributed by atoms with E-state index in [2.05, 4.69) is 0 Å². The molecule has 1 amide bonds. The van der Waals surface area contributed by atoms with Gasteiger partial charge in [-0.05, 0) is 36.8 Å². The maximum atomic E-state index is 12.9. The Hall–Kier alpha value is -3.88. The fourth-order valence-electron chi connectivity index (χ4n) is 3.18. The Morgan fingerprint density at radius 1 is 1.20 bits per heavy atom. The average Bonchev–Trinajstić information content (AvgIpc) is 3.01. The van der Waals surface area contributed by atoms with E-state index < -0.39 is 12.6 Å². The minimum Gasteiger partial charge on any atom is -0.493 e. The highest BCUT2D eigenvalue weighted by Crippen LogP contribution is 2.28. The van der Waals surface area contributed by atoms with E-state index in [9.17, 15) is 14.4 Å². The third-order valence-electron chi connectivity index (χ3n) is 4.55. The topological polar surface area (TPSA) is 143 Å². The highest BCUT2D eigenvalue weighted by atomic mass is 16.5. The summed E-state index contributed by atoms with van der Waals surface area (Å²) in [6.45, 7) is 1.63. The highest BCUT2D eigenvalue weighted by Gasteiger charge is 2.30. The molecular weight excluding hydrogens is 390 g/mol. The van der Waals surface area contributed by atoms with Gasteiger partial charge in [-0.25, -0.2) is 4.79 Å². The van der Waals surface area contributed by atoms with Gasteiger partial charge in [-0.3, -0.25) is 15.0 Å². The molecule has 3 rings (SSSR count). The molecule has 9 heteroatoms. The first-order valence-electron chi connectivity index (χ1n) is 9.21. The molecule has 0 saturated heterocycles. The summed E-state index contributed by atoms with van der Waals surface area (Å²) in [6, 6.07) is 9.33. The predicted octanol–water partition coefficient (Wildman–Crippen LogP) is 1.67. The van der Waals surface area contributed by atoms with Crippen molar-refractivity contribution in [2.75, 3.05) is 19.8 Å². The zero-order chi connectivity index (χ0) is 21.8. The zero-order valence-electron chi connectivity index (χ0n) is 16.3. The van der Waals surface area contributed by atoms with Crippen LogP contribution in [-0.2, 0) is 11.3 Å². The van der Waals surface area contributed by atoms with E-state index >= 15 is 0 Å². The van der Waals surface area contributed by atoms with E-state index in [0.717, 1.165) is 0 Å². The van der Waals surface area contributed by atoms with Crippen molar-refractivity contribution < 1.29 is 29.0 Å². The van der Waals surface area contributed by atoms with Gasteiger partial charge in [0.2, 0.25) is 0 Å². The quantitative estimate of drug-likeness (QED) is 0.323. The zero-order valence-corrected chi connectivity index (χ0v) is 16.3. The Kier molecular flexibility index (Phi) is 6.01. The molecule has 1 aliphatic rings. The maximum absolute atomic E-state index is 12.9. The minimum absolute atomic E-state index is 0.0914. The van der Waals surface area contributed by atoms with Crippen molar-refractivity contribution in [3.8, 4) is 11.5 Å². The molecule has 0 spiro atoms. The first kappa shape index (κ1) is 20.8. The number of carbonyl (C=O) groups excluding carboxylic acids is 2. The van der Waals surface area contributed by atoms with Gasteiger partial charge in [-0.2, -0.15) is 0 Å². The molecule has 2 aromatic carbocycles. The smallest absolute Gasteiger partial charge is 0.341 e. The number of rotatable bonds is 9. The van der Waals surface area contributed by atoms with E-state index in [-0.39, 0.29) is 47.7 Å². The van der Waals surface area contributed by atoms with Crippen molar-refractivity contribution in [2.24, 2.45) is 5.73 Å². The van der Waals surface area contributed by atoms with Crippen LogP contribution >= 0.6 is 0 Å². The largest absolute Gasteiger partial charge is 0.493 e. The highest BCUT2D eigenvalue weighted by molar-refractivity contribution is 6.06. The summed E-state index contributed by atoms with van der Waals surface area (Å²) in [5, 5.41) is 16.3. The molecule has 0 aliphatic carbocycles. The lowest BCUT2D eigenvalue weighted by Gasteiger charge is -2.17. The standard InChI is InChI=1S/C21H21N3O6/c1-2-29-18-8-14(30-11-19(26)27)4-6-16(18)17(25)10-24-9-13-7-12(20(22)23)3-5-15(13)21(24)28/h3-8H,2,9-11H2,1H3,(H3,22,23)(H,26,27). The number of amidine groups is 1. The molecule has 4 N–H and O–H groups in total. The van der Waals surface area contributed by atoms with Crippen LogP contribution in [0.15, 0.2) is 36.4 Å². The van der Waals surface area contributed by atoms with Gasteiger partial charge >= 0.3 is 5.97 Å². The Labute approximate surface area is 172 Å². The summed E-state index contributed by atoms with van der Waals surface area (Å²) in [5.74, 6) is -1.28. The van der Waals surface area contributed by atoms with E-state index in [1.165, 1.54) is 23.1 Å². The summed E-state index contributed by atoms with van der Waals surface area (Å²) < 4.78 is 10.6. The van der Waals surface area contributed by atoms with Crippen LogP contribution in [0.5, 0.6) is 11.5 Å². The summed E-state index contributed by atoms with van der Waals surface area (Å²) in [4.78, 5) is 37.6. The summed E-state index contributed by atoms with van der Waals surface area (Å²) in [5.41, 5.74) is 7.49. The molecular formula is C21H21N3O6. The second kappa shape index (κ2) is 8.64. The monoisotopic (exact) mass is 411 g/mol. The van der Waals surface area contributed by atoms with Crippen molar-refractivity contribution in [3.63, 3.8) is 0 Å². The molecule has 0 saturated carbocycles. The van der Waals surface area contributed by atoms with Crippen LogP contribution in [-0.4, -0.2) is 53.3 Å². The number of ketones is 1. The Balaban J connectivity index is 1.77. The molecule has 9 nitrogen and oxygen atoms in total. The Bertz CT molecular complexity index is 1030. The van der Waals surface area contributed by atoms with E-state index in [1.807, 2.05) is 0 Å². The Morgan fingerprint density at radius 3 is 2.63 bits per heavy atom. The number of fused-ring (bicyclic) bond motifs is 1. The van der Waals surface area contributed by atoms with Gasteiger partial charge < -0.3 is 25.2 Å². The second-order valence-corrected chi connectivity index (χ2v) is 6.64. The number of hydrogen-bond donors (Lipinski definition) is 3. The third kappa shape index (κ3) is 4.40. The molecule has 2 aromatic rings. The second-order valence-electron chi connectivity index (χ2n) is 6.64. The van der Waals surface area contributed by atoms with Gasteiger partial charge in [0.05, 0.1) is 18.7 Å². The van der Waals surface area contributed by atoms with Crippen LogP contribution in [0.3, 0.4) is 0 Å². The van der Waals surface area contributed by atoms with Crippen LogP contribution in [0, 0.1) is 5.41 Å². The number of carbonyl (C=O) groups is 3. The van der Waals surface area contributed by atoms with Gasteiger partial charge in [0.1, 0.15) is 17.3 Å². The van der Waals surface area contributed by atoms with Gasteiger partial charge in [0.15, 0.2) is 12.4 Å². The predicted molar refractivity (Wildman–Crippen MR) is 107 cm³/mol. The number of nitrogens with two attached hydrogens (primary N) is 1. The number of aliphatic carboxylic acids is 1. The number of benzene rings is 2. The van der Waals surface area contributed by atoms with E-state index in [1.54, 1.807) is 25.1 Å². The van der Waals surface area contributed by atoms with Gasteiger partial charge in [-0.1, -0.05) is 6.07 Å². The lowest BCUT2D eigenvalue weighted by Crippen LogP contribution is -2.30. The van der Waals surface area contributed by atoms with E-state index in [0.29, 0.717) is 23.3 Å². The fourth-order valence-corrected chi connectivity index (χ4v) is 3.18. The number of nitrogen functional groups attached to an aromatic ring is 1. The molecule has 0 aromatic heterocycles. The summed E-state index contributed by atoms with van der Waals surface area (Å²) in [6.07, 6.45) is 0. The number of nitrogens with one attached hydrogen (secondary N) is 1. The van der Waals surface area contributed by atoms with Crippen LogP contribution in [0.4, 0.5) is 0 Å². The average molecular weight is 411 g/mol. The van der Waals surface area contributed by atoms with Crippen LogP contribution in [0.25, 0.3) is 0 Å².